The molecular weight excluding hydrogens is 341 g/mol. The van der Waals surface area contributed by atoms with Crippen LogP contribution in [0.2, 0.25) is 5.15 Å². The fraction of sp³-hybridized carbons (Fsp3) is 0.0667. The number of aromatic nitrogens is 3. The Morgan fingerprint density at radius 2 is 1.91 bits per heavy atom. The molecule has 118 valence electrons. The van der Waals surface area contributed by atoms with Crippen molar-refractivity contribution in [2.75, 3.05) is 0 Å². The largest absolute Gasteiger partial charge is 0.306 e. The number of pyridine rings is 1. The van der Waals surface area contributed by atoms with Crippen LogP contribution in [0, 0.1) is 5.82 Å². The van der Waals surface area contributed by atoms with Crippen molar-refractivity contribution in [3.05, 3.63) is 65.5 Å². The predicted octanol–water partition coefficient (Wildman–Crippen LogP) is 3.45. The van der Waals surface area contributed by atoms with E-state index in [1.807, 2.05) is 0 Å². The van der Waals surface area contributed by atoms with Crippen LogP contribution in [0.25, 0.3) is 17.1 Å². The summed E-state index contributed by atoms with van der Waals surface area (Å²) in [7, 11) is 0. The smallest absolute Gasteiger partial charge is 0.157 e. The molecular formula is C15H11ClFN3O2S. The minimum atomic E-state index is -1.92. The van der Waals surface area contributed by atoms with Gasteiger partial charge in [-0.3, -0.25) is 4.57 Å². The van der Waals surface area contributed by atoms with Gasteiger partial charge in [-0.25, -0.2) is 18.6 Å². The van der Waals surface area contributed by atoms with E-state index in [0.29, 0.717) is 22.6 Å². The van der Waals surface area contributed by atoms with Gasteiger partial charge in [-0.15, -0.1) is 0 Å². The lowest BCUT2D eigenvalue weighted by atomic mass is 10.1. The summed E-state index contributed by atoms with van der Waals surface area (Å²) in [5.41, 5.74) is 1.94. The second-order valence-corrected chi connectivity index (χ2v) is 6.04. The molecule has 1 aromatic carbocycles. The van der Waals surface area contributed by atoms with E-state index in [0.717, 1.165) is 0 Å². The van der Waals surface area contributed by atoms with Crippen LogP contribution in [-0.4, -0.2) is 23.3 Å². The van der Waals surface area contributed by atoms with E-state index >= 15 is 0 Å². The summed E-state index contributed by atoms with van der Waals surface area (Å²) in [6.45, 7) is 0. The monoisotopic (exact) mass is 351 g/mol. The topological polar surface area (TPSA) is 68.0 Å². The van der Waals surface area contributed by atoms with Gasteiger partial charge in [-0.1, -0.05) is 17.7 Å². The highest BCUT2D eigenvalue weighted by molar-refractivity contribution is 7.78. The molecule has 1 unspecified atom stereocenters. The lowest BCUT2D eigenvalue weighted by Crippen LogP contribution is -2.00. The van der Waals surface area contributed by atoms with Crippen molar-refractivity contribution in [3.63, 3.8) is 0 Å². The molecule has 2 heterocycles. The quantitative estimate of drug-likeness (QED) is 0.731. The SMILES string of the molecule is O=S(O)Cc1ccc(-n2cnc(Cl)c2-c2ccc(F)cc2)nc1. The van der Waals surface area contributed by atoms with Crippen molar-refractivity contribution in [2.24, 2.45) is 0 Å². The van der Waals surface area contributed by atoms with Gasteiger partial charge in [0.15, 0.2) is 16.2 Å². The Morgan fingerprint density at radius 1 is 1.17 bits per heavy atom. The molecule has 3 rings (SSSR count). The molecule has 3 aromatic rings. The molecule has 1 N–H and O–H groups in total. The summed E-state index contributed by atoms with van der Waals surface area (Å²) in [6, 6.07) is 9.31. The standard InChI is InChI=1S/C15H11ClFN3O2S/c16-15-14(11-2-4-12(17)5-3-11)20(9-19-15)13-6-1-10(7-18-13)8-23(21)22/h1-7,9H,8H2,(H,21,22). The zero-order chi connectivity index (χ0) is 16.4. The van der Waals surface area contributed by atoms with Crippen molar-refractivity contribution in [3.8, 4) is 17.1 Å². The van der Waals surface area contributed by atoms with Gasteiger partial charge in [-0.05, 0) is 35.9 Å². The third kappa shape index (κ3) is 3.47. The van der Waals surface area contributed by atoms with E-state index in [4.69, 9.17) is 16.2 Å². The number of halogens is 2. The van der Waals surface area contributed by atoms with Crippen LogP contribution < -0.4 is 0 Å². The van der Waals surface area contributed by atoms with Crippen LogP contribution in [-0.2, 0) is 16.8 Å². The molecule has 1 atom stereocenters. The highest BCUT2D eigenvalue weighted by Gasteiger charge is 2.14. The lowest BCUT2D eigenvalue weighted by Gasteiger charge is -2.08. The van der Waals surface area contributed by atoms with Crippen molar-refractivity contribution in [2.45, 2.75) is 5.75 Å². The van der Waals surface area contributed by atoms with Crippen LogP contribution >= 0.6 is 11.6 Å². The highest BCUT2D eigenvalue weighted by Crippen LogP contribution is 2.29. The summed E-state index contributed by atoms with van der Waals surface area (Å²) < 4.78 is 34.5. The summed E-state index contributed by atoms with van der Waals surface area (Å²) in [4.78, 5) is 8.33. The van der Waals surface area contributed by atoms with E-state index in [1.165, 1.54) is 24.7 Å². The van der Waals surface area contributed by atoms with Gasteiger partial charge in [-0.2, -0.15) is 0 Å². The van der Waals surface area contributed by atoms with Crippen LogP contribution in [0.1, 0.15) is 5.56 Å². The average Bonchev–Trinajstić information content (AvgIpc) is 2.90. The molecule has 0 aliphatic heterocycles. The minimum Gasteiger partial charge on any atom is -0.306 e. The molecule has 0 radical (unpaired) electrons. The van der Waals surface area contributed by atoms with E-state index in [1.54, 1.807) is 28.8 Å². The molecule has 8 heteroatoms. The number of hydrogen-bond donors (Lipinski definition) is 1. The molecule has 2 aromatic heterocycles. The first kappa shape index (κ1) is 15.8. The van der Waals surface area contributed by atoms with Gasteiger partial charge in [0, 0.05) is 11.8 Å². The van der Waals surface area contributed by atoms with Crippen molar-refractivity contribution >= 4 is 22.7 Å². The van der Waals surface area contributed by atoms with Crippen LogP contribution in [0.3, 0.4) is 0 Å². The molecule has 23 heavy (non-hydrogen) atoms. The Labute approximate surface area is 139 Å². The van der Waals surface area contributed by atoms with Crippen molar-refractivity contribution in [1.29, 1.82) is 0 Å². The van der Waals surface area contributed by atoms with Gasteiger partial charge in [0.25, 0.3) is 0 Å². The molecule has 0 spiro atoms. The summed E-state index contributed by atoms with van der Waals surface area (Å²) in [5, 5.41) is 0.277. The Morgan fingerprint density at radius 3 is 2.52 bits per heavy atom. The Hall–Kier alpha value is -2.09. The molecule has 0 fully saturated rings. The van der Waals surface area contributed by atoms with Crippen LogP contribution in [0.4, 0.5) is 4.39 Å². The second kappa shape index (κ2) is 6.57. The first-order valence-electron chi connectivity index (χ1n) is 6.56. The first-order valence-corrected chi connectivity index (χ1v) is 8.21. The molecule has 0 saturated heterocycles. The lowest BCUT2D eigenvalue weighted by molar-refractivity contribution is 0.563. The normalized spacial score (nSPS) is 12.3. The van der Waals surface area contributed by atoms with E-state index < -0.39 is 11.1 Å². The molecule has 0 aliphatic rings. The fourth-order valence-electron chi connectivity index (χ4n) is 2.15. The van der Waals surface area contributed by atoms with Gasteiger partial charge in [0.1, 0.15) is 18.0 Å². The summed E-state index contributed by atoms with van der Waals surface area (Å²) >= 11 is 4.23. The van der Waals surface area contributed by atoms with Crippen LogP contribution in [0.15, 0.2) is 48.9 Å². The maximum absolute atomic E-state index is 13.1. The first-order chi connectivity index (χ1) is 11.0. The zero-order valence-corrected chi connectivity index (χ0v) is 13.3. The Kier molecular flexibility index (Phi) is 4.51. The molecule has 5 nitrogen and oxygen atoms in total. The highest BCUT2D eigenvalue weighted by atomic mass is 35.5. The third-order valence-corrected chi connectivity index (χ3v) is 4.04. The van der Waals surface area contributed by atoms with Gasteiger partial charge in [0.05, 0.1) is 11.4 Å². The maximum atomic E-state index is 13.1. The number of nitrogens with zero attached hydrogens (tertiary/aromatic N) is 3. The molecule has 0 bridgehead atoms. The van der Waals surface area contributed by atoms with E-state index in [2.05, 4.69) is 9.97 Å². The number of imidazole rings is 1. The van der Waals surface area contributed by atoms with Crippen molar-refractivity contribution in [1.82, 2.24) is 14.5 Å². The third-order valence-electron chi connectivity index (χ3n) is 3.19. The number of benzene rings is 1. The second-order valence-electron chi connectivity index (χ2n) is 4.75. The van der Waals surface area contributed by atoms with Gasteiger partial charge in [0.2, 0.25) is 0 Å². The average molecular weight is 352 g/mol. The molecule has 0 aliphatic carbocycles. The summed E-state index contributed by atoms with van der Waals surface area (Å²) in [5.74, 6) is 0.231. The molecule has 0 amide bonds. The number of hydrogen-bond acceptors (Lipinski definition) is 3. The number of rotatable bonds is 4. The zero-order valence-electron chi connectivity index (χ0n) is 11.7. The fourth-order valence-corrected chi connectivity index (χ4v) is 2.85. The molecule has 0 saturated carbocycles. The Balaban J connectivity index is 2.01. The van der Waals surface area contributed by atoms with Crippen LogP contribution in [0.5, 0.6) is 0 Å². The Bertz CT molecular complexity index is 850. The predicted molar refractivity (Wildman–Crippen MR) is 86.2 cm³/mol. The summed E-state index contributed by atoms with van der Waals surface area (Å²) in [6.07, 6.45) is 3.04. The maximum Gasteiger partial charge on any atom is 0.157 e. The van der Waals surface area contributed by atoms with Gasteiger partial charge < -0.3 is 4.55 Å². The van der Waals surface area contributed by atoms with Gasteiger partial charge >= 0.3 is 0 Å². The minimum absolute atomic E-state index is 0.0167. The van der Waals surface area contributed by atoms with Crippen molar-refractivity contribution < 1.29 is 13.2 Å². The van der Waals surface area contributed by atoms with E-state index in [9.17, 15) is 8.60 Å². The van der Waals surface area contributed by atoms with E-state index in [-0.39, 0.29) is 16.7 Å².